The van der Waals surface area contributed by atoms with E-state index < -0.39 is 0 Å². The van der Waals surface area contributed by atoms with Gasteiger partial charge < -0.3 is 10.1 Å². The van der Waals surface area contributed by atoms with E-state index in [9.17, 15) is 4.79 Å². The predicted octanol–water partition coefficient (Wildman–Crippen LogP) is 3.23. The molecule has 1 unspecified atom stereocenters. The summed E-state index contributed by atoms with van der Waals surface area (Å²) in [5.41, 5.74) is 2.45. The zero-order valence-corrected chi connectivity index (χ0v) is 12.6. The first-order valence-corrected chi connectivity index (χ1v) is 6.89. The molecule has 1 rings (SSSR count). The van der Waals surface area contributed by atoms with E-state index in [2.05, 4.69) is 33.0 Å². The fraction of sp³-hybridized carbons (Fsp3) is 0.562. The van der Waals surface area contributed by atoms with Crippen molar-refractivity contribution in [2.24, 2.45) is 5.92 Å². The van der Waals surface area contributed by atoms with E-state index in [4.69, 9.17) is 4.74 Å². The van der Waals surface area contributed by atoms with Gasteiger partial charge in [0.05, 0.1) is 13.0 Å². The number of carbonyl (C=O) groups is 1. The Kier molecular flexibility index (Phi) is 5.87. The van der Waals surface area contributed by atoms with Crippen molar-refractivity contribution in [2.45, 2.75) is 47.1 Å². The van der Waals surface area contributed by atoms with Gasteiger partial charge in [0.1, 0.15) is 5.75 Å². The fourth-order valence-electron chi connectivity index (χ4n) is 1.56. The molecule has 0 aliphatic carbocycles. The minimum atomic E-state index is 0.0463. The van der Waals surface area contributed by atoms with Crippen LogP contribution < -0.4 is 10.1 Å². The van der Waals surface area contributed by atoms with E-state index >= 15 is 0 Å². The monoisotopic (exact) mass is 263 g/mol. The molecule has 0 aliphatic rings. The van der Waals surface area contributed by atoms with Crippen LogP contribution in [0.4, 0.5) is 0 Å². The highest BCUT2D eigenvalue weighted by molar-refractivity contribution is 5.76. The quantitative estimate of drug-likeness (QED) is 0.855. The SMILES string of the molecule is Cc1ccc(OCCC(=O)NC(C)C(C)C)cc1C. The molecule has 1 aromatic carbocycles. The molecule has 0 saturated carbocycles. The van der Waals surface area contributed by atoms with Crippen LogP contribution in [0, 0.1) is 19.8 Å². The lowest BCUT2D eigenvalue weighted by Gasteiger charge is -2.17. The summed E-state index contributed by atoms with van der Waals surface area (Å²) in [5.74, 6) is 1.32. The maximum atomic E-state index is 11.7. The number of amides is 1. The average Bonchev–Trinajstić information content (AvgIpc) is 2.33. The number of hydrogen-bond donors (Lipinski definition) is 1. The van der Waals surface area contributed by atoms with Gasteiger partial charge in [0.15, 0.2) is 0 Å². The molecule has 1 amide bonds. The van der Waals surface area contributed by atoms with Gasteiger partial charge in [-0.1, -0.05) is 19.9 Å². The van der Waals surface area contributed by atoms with Crippen LogP contribution in [0.1, 0.15) is 38.3 Å². The van der Waals surface area contributed by atoms with Crippen LogP contribution in [0.25, 0.3) is 0 Å². The molecule has 0 aliphatic heterocycles. The smallest absolute Gasteiger partial charge is 0.223 e. The van der Waals surface area contributed by atoms with Crippen molar-refractivity contribution in [1.29, 1.82) is 0 Å². The molecule has 0 bridgehead atoms. The molecule has 0 aromatic heterocycles. The van der Waals surface area contributed by atoms with Gasteiger partial charge in [-0.2, -0.15) is 0 Å². The normalized spacial score (nSPS) is 12.3. The van der Waals surface area contributed by atoms with Gasteiger partial charge in [-0.05, 0) is 49.9 Å². The Bertz CT molecular complexity index is 427. The highest BCUT2D eigenvalue weighted by Gasteiger charge is 2.10. The first kappa shape index (κ1) is 15.5. The number of rotatable bonds is 6. The Balaban J connectivity index is 2.33. The highest BCUT2D eigenvalue weighted by atomic mass is 16.5. The number of nitrogens with one attached hydrogen (secondary N) is 1. The van der Waals surface area contributed by atoms with Crippen molar-refractivity contribution in [1.82, 2.24) is 5.32 Å². The lowest BCUT2D eigenvalue weighted by molar-refractivity contribution is -0.122. The van der Waals surface area contributed by atoms with Crippen LogP contribution in [0.5, 0.6) is 5.75 Å². The van der Waals surface area contributed by atoms with E-state index in [-0.39, 0.29) is 11.9 Å². The van der Waals surface area contributed by atoms with Crippen LogP contribution >= 0.6 is 0 Å². The second-order valence-electron chi connectivity index (χ2n) is 5.44. The molecule has 3 heteroatoms. The number of benzene rings is 1. The summed E-state index contributed by atoms with van der Waals surface area (Å²) in [6, 6.07) is 6.18. The molecule has 0 spiro atoms. The molecule has 0 radical (unpaired) electrons. The third kappa shape index (κ3) is 5.33. The average molecular weight is 263 g/mol. The predicted molar refractivity (Wildman–Crippen MR) is 78.5 cm³/mol. The third-order valence-electron chi connectivity index (χ3n) is 3.46. The van der Waals surface area contributed by atoms with Crippen LogP contribution in [0.3, 0.4) is 0 Å². The molecule has 3 nitrogen and oxygen atoms in total. The first-order chi connectivity index (χ1) is 8.90. The molecule has 0 fully saturated rings. The maximum absolute atomic E-state index is 11.7. The Morgan fingerprint density at radius 1 is 1.21 bits per heavy atom. The van der Waals surface area contributed by atoms with Gasteiger partial charge in [0.2, 0.25) is 5.91 Å². The molecule has 1 N–H and O–H groups in total. The molecule has 0 saturated heterocycles. The summed E-state index contributed by atoms with van der Waals surface area (Å²) < 4.78 is 5.59. The summed E-state index contributed by atoms with van der Waals surface area (Å²) in [6.45, 7) is 10.7. The van der Waals surface area contributed by atoms with E-state index in [1.807, 2.05) is 25.1 Å². The Labute approximate surface area is 116 Å². The molecular weight excluding hydrogens is 238 g/mol. The molecular formula is C16H25NO2. The lowest BCUT2D eigenvalue weighted by atomic mass is 10.1. The lowest BCUT2D eigenvalue weighted by Crippen LogP contribution is -2.36. The molecule has 1 atom stereocenters. The second kappa shape index (κ2) is 7.17. The van der Waals surface area contributed by atoms with Crippen LogP contribution in [0.2, 0.25) is 0 Å². The van der Waals surface area contributed by atoms with Crippen molar-refractivity contribution in [3.8, 4) is 5.75 Å². The Morgan fingerprint density at radius 3 is 2.47 bits per heavy atom. The summed E-state index contributed by atoms with van der Waals surface area (Å²) in [5, 5.41) is 2.97. The molecule has 106 valence electrons. The van der Waals surface area contributed by atoms with E-state index in [1.165, 1.54) is 11.1 Å². The minimum Gasteiger partial charge on any atom is -0.493 e. The van der Waals surface area contributed by atoms with Crippen LogP contribution in [-0.2, 0) is 4.79 Å². The van der Waals surface area contributed by atoms with Crippen molar-refractivity contribution in [3.63, 3.8) is 0 Å². The van der Waals surface area contributed by atoms with Crippen molar-refractivity contribution in [3.05, 3.63) is 29.3 Å². The number of ether oxygens (including phenoxy) is 1. The van der Waals surface area contributed by atoms with Crippen molar-refractivity contribution >= 4 is 5.91 Å². The van der Waals surface area contributed by atoms with Gasteiger partial charge in [-0.3, -0.25) is 4.79 Å². The Hall–Kier alpha value is -1.51. The van der Waals surface area contributed by atoms with E-state index in [1.54, 1.807) is 0 Å². The van der Waals surface area contributed by atoms with Crippen molar-refractivity contribution in [2.75, 3.05) is 6.61 Å². The topological polar surface area (TPSA) is 38.3 Å². The summed E-state index contributed by atoms with van der Waals surface area (Å²) in [4.78, 5) is 11.7. The van der Waals surface area contributed by atoms with E-state index in [0.29, 0.717) is 18.9 Å². The Morgan fingerprint density at radius 2 is 1.89 bits per heavy atom. The molecule has 1 aromatic rings. The van der Waals surface area contributed by atoms with Gasteiger partial charge in [0.25, 0.3) is 0 Å². The number of carbonyl (C=O) groups excluding carboxylic acids is 1. The largest absolute Gasteiger partial charge is 0.493 e. The standard InChI is InChI=1S/C16H25NO2/c1-11(2)14(5)17-16(18)8-9-19-15-7-6-12(3)13(4)10-15/h6-7,10-11,14H,8-9H2,1-5H3,(H,17,18). The van der Waals surface area contributed by atoms with Gasteiger partial charge in [0, 0.05) is 6.04 Å². The summed E-state index contributed by atoms with van der Waals surface area (Å²) in [6.07, 6.45) is 0.393. The minimum absolute atomic E-state index is 0.0463. The summed E-state index contributed by atoms with van der Waals surface area (Å²) >= 11 is 0. The van der Waals surface area contributed by atoms with Crippen LogP contribution in [-0.4, -0.2) is 18.6 Å². The zero-order valence-electron chi connectivity index (χ0n) is 12.6. The van der Waals surface area contributed by atoms with Gasteiger partial charge in [-0.15, -0.1) is 0 Å². The highest BCUT2D eigenvalue weighted by Crippen LogP contribution is 2.16. The first-order valence-electron chi connectivity index (χ1n) is 6.89. The maximum Gasteiger partial charge on any atom is 0.223 e. The number of aryl methyl sites for hydroxylation is 2. The van der Waals surface area contributed by atoms with Gasteiger partial charge >= 0.3 is 0 Å². The van der Waals surface area contributed by atoms with Crippen LogP contribution in [0.15, 0.2) is 18.2 Å². The fourth-order valence-corrected chi connectivity index (χ4v) is 1.56. The van der Waals surface area contributed by atoms with Crippen molar-refractivity contribution < 1.29 is 9.53 Å². The van der Waals surface area contributed by atoms with Gasteiger partial charge in [-0.25, -0.2) is 0 Å². The third-order valence-corrected chi connectivity index (χ3v) is 3.46. The zero-order chi connectivity index (χ0) is 14.4. The van der Waals surface area contributed by atoms with E-state index in [0.717, 1.165) is 5.75 Å². The number of hydrogen-bond acceptors (Lipinski definition) is 2. The molecule has 0 heterocycles. The summed E-state index contributed by atoms with van der Waals surface area (Å²) in [7, 11) is 0. The molecule has 19 heavy (non-hydrogen) atoms. The second-order valence-corrected chi connectivity index (χ2v) is 5.44.